The quantitative estimate of drug-likeness (QED) is 0.803. The molecule has 1 fully saturated rings. The van der Waals surface area contributed by atoms with Crippen LogP contribution in [0.15, 0.2) is 6.07 Å². The minimum Gasteiger partial charge on any atom is -0.347 e. The molecule has 0 radical (unpaired) electrons. The highest BCUT2D eigenvalue weighted by atomic mass is 32.1. The van der Waals surface area contributed by atoms with Crippen molar-refractivity contribution < 1.29 is 0 Å². The van der Waals surface area contributed by atoms with Crippen LogP contribution in [0, 0.1) is 10.6 Å². The van der Waals surface area contributed by atoms with Crippen LogP contribution in [0.3, 0.4) is 0 Å². The Morgan fingerprint density at radius 2 is 2.24 bits per heavy atom. The zero-order valence-electron chi connectivity index (χ0n) is 10.8. The molecular formula is C14H22N2S. The average Bonchev–Trinajstić information content (AvgIpc) is 2.77. The highest BCUT2D eigenvalue weighted by molar-refractivity contribution is 7.71. The fourth-order valence-electron chi connectivity index (χ4n) is 2.82. The summed E-state index contributed by atoms with van der Waals surface area (Å²) >= 11 is 5.26. The number of nitrogens with one attached hydrogen (secondary N) is 1. The van der Waals surface area contributed by atoms with Crippen LogP contribution in [0.25, 0.3) is 0 Å². The molecule has 0 bridgehead atoms. The van der Waals surface area contributed by atoms with Crippen LogP contribution in [0.5, 0.6) is 0 Å². The van der Waals surface area contributed by atoms with Gasteiger partial charge in [-0.2, -0.15) is 0 Å². The number of nitrogens with zero attached hydrogens (tertiary/aromatic N) is 1. The lowest BCUT2D eigenvalue weighted by molar-refractivity contribution is 0.516. The van der Waals surface area contributed by atoms with Crippen molar-refractivity contribution in [1.29, 1.82) is 0 Å². The Hall–Kier alpha value is -0.700. The normalized spacial score (nSPS) is 24.1. The van der Waals surface area contributed by atoms with Gasteiger partial charge in [0.15, 0.2) is 0 Å². The summed E-state index contributed by atoms with van der Waals surface area (Å²) in [5, 5.41) is 0. The zero-order chi connectivity index (χ0) is 12.3. The Bertz CT molecular complexity index is 424. The molecule has 0 amide bonds. The number of H-pyrrole nitrogens is 1. The molecule has 0 aromatic carbocycles. The molecular weight excluding hydrogens is 228 g/mol. The minimum atomic E-state index is 0.610. The van der Waals surface area contributed by atoms with Crippen LogP contribution < -0.4 is 0 Å². The van der Waals surface area contributed by atoms with E-state index in [0.717, 1.165) is 29.2 Å². The van der Waals surface area contributed by atoms with Gasteiger partial charge < -0.3 is 4.98 Å². The van der Waals surface area contributed by atoms with Crippen molar-refractivity contribution in [1.82, 2.24) is 9.97 Å². The Kier molecular flexibility index (Phi) is 4.32. The van der Waals surface area contributed by atoms with Gasteiger partial charge in [0.25, 0.3) is 0 Å². The van der Waals surface area contributed by atoms with Gasteiger partial charge in [-0.15, -0.1) is 0 Å². The molecule has 1 aliphatic rings. The molecule has 2 unspecified atom stereocenters. The SMILES string of the molecule is CCCc1cc(=S)nc(C2CCC(CC)C2)[nH]1. The van der Waals surface area contributed by atoms with Gasteiger partial charge in [0.2, 0.25) is 0 Å². The fourth-order valence-corrected chi connectivity index (χ4v) is 3.06. The summed E-state index contributed by atoms with van der Waals surface area (Å²) in [6.45, 7) is 4.48. The van der Waals surface area contributed by atoms with Crippen molar-refractivity contribution >= 4 is 12.2 Å². The van der Waals surface area contributed by atoms with Crippen LogP contribution in [-0.2, 0) is 6.42 Å². The first kappa shape index (κ1) is 12.7. The number of hydrogen-bond acceptors (Lipinski definition) is 2. The molecule has 1 heterocycles. The lowest BCUT2D eigenvalue weighted by atomic mass is 10.0. The van der Waals surface area contributed by atoms with E-state index in [4.69, 9.17) is 12.2 Å². The summed E-state index contributed by atoms with van der Waals surface area (Å²) < 4.78 is 0.752. The van der Waals surface area contributed by atoms with Crippen LogP contribution >= 0.6 is 12.2 Å². The van der Waals surface area contributed by atoms with Crippen LogP contribution in [0.2, 0.25) is 0 Å². The summed E-state index contributed by atoms with van der Waals surface area (Å²) in [4.78, 5) is 8.02. The first-order valence-electron chi connectivity index (χ1n) is 6.83. The summed E-state index contributed by atoms with van der Waals surface area (Å²) in [6, 6.07) is 2.01. The highest BCUT2D eigenvalue weighted by Gasteiger charge is 2.26. The van der Waals surface area contributed by atoms with E-state index in [9.17, 15) is 0 Å². The molecule has 2 nitrogen and oxygen atoms in total. The van der Waals surface area contributed by atoms with Crippen molar-refractivity contribution in [2.24, 2.45) is 5.92 Å². The second-order valence-electron chi connectivity index (χ2n) is 5.16. The molecule has 2 rings (SSSR count). The number of aromatic nitrogens is 2. The van der Waals surface area contributed by atoms with Crippen molar-refractivity contribution in [3.8, 4) is 0 Å². The van der Waals surface area contributed by atoms with E-state index in [1.165, 1.54) is 31.4 Å². The maximum atomic E-state index is 5.26. The fraction of sp³-hybridized carbons (Fsp3) is 0.714. The Morgan fingerprint density at radius 1 is 1.41 bits per heavy atom. The molecule has 17 heavy (non-hydrogen) atoms. The van der Waals surface area contributed by atoms with Gasteiger partial charge in [0.1, 0.15) is 10.5 Å². The van der Waals surface area contributed by atoms with E-state index < -0.39 is 0 Å². The molecule has 2 atom stereocenters. The smallest absolute Gasteiger partial charge is 0.129 e. The Morgan fingerprint density at radius 3 is 2.88 bits per heavy atom. The summed E-state index contributed by atoms with van der Waals surface area (Å²) in [6.07, 6.45) is 7.42. The Labute approximate surface area is 109 Å². The molecule has 1 aromatic heterocycles. The van der Waals surface area contributed by atoms with Gasteiger partial charge in [0, 0.05) is 11.6 Å². The van der Waals surface area contributed by atoms with Gasteiger partial charge in [-0.05, 0) is 37.7 Å². The topological polar surface area (TPSA) is 28.7 Å². The predicted octanol–water partition coefficient (Wildman–Crippen LogP) is 4.39. The van der Waals surface area contributed by atoms with E-state index in [1.54, 1.807) is 0 Å². The second kappa shape index (κ2) is 5.76. The standard InChI is InChI=1S/C14H22N2S/c1-3-5-12-9-13(17)16-14(15-12)11-7-6-10(4-2)8-11/h9-11H,3-8H2,1-2H3,(H,15,16,17). The molecule has 0 spiro atoms. The third-order valence-corrected chi connectivity index (χ3v) is 4.05. The lowest BCUT2D eigenvalue weighted by Gasteiger charge is -2.11. The third kappa shape index (κ3) is 3.15. The third-order valence-electron chi connectivity index (χ3n) is 3.84. The maximum Gasteiger partial charge on any atom is 0.129 e. The van der Waals surface area contributed by atoms with E-state index in [1.807, 2.05) is 6.07 Å². The number of hydrogen-bond donors (Lipinski definition) is 1. The van der Waals surface area contributed by atoms with Crippen molar-refractivity contribution in [2.75, 3.05) is 0 Å². The van der Waals surface area contributed by atoms with Crippen molar-refractivity contribution in [3.63, 3.8) is 0 Å². The highest BCUT2D eigenvalue weighted by Crippen LogP contribution is 2.38. The largest absolute Gasteiger partial charge is 0.347 e. The zero-order valence-corrected chi connectivity index (χ0v) is 11.6. The number of rotatable bonds is 4. The van der Waals surface area contributed by atoms with Crippen LogP contribution in [0.4, 0.5) is 0 Å². The predicted molar refractivity (Wildman–Crippen MR) is 73.8 cm³/mol. The molecule has 1 N–H and O–H groups in total. The van der Waals surface area contributed by atoms with Crippen molar-refractivity contribution in [2.45, 2.75) is 58.3 Å². The van der Waals surface area contributed by atoms with Gasteiger partial charge in [-0.1, -0.05) is 38.9 Å². The molecule has 0 aliphatic heterocycles. The van der Waals surface area contributed by atoms with Gasteiger partial charge in [0.05, 0.1) is 0 Å². The Balaban J connectivity index is 2.18. The maximum absolute atomic E-state index is 5.26. The van der Waals surface area contributed by atoms with Gasteiger partial charge >= 0.3 is 0 Å². The average molecular weight is 250 g/mol. The molecule has 1 aliphatic carbocycles. The molecule has 0 saturated heterocycles. The first-order chi connectivity index (χ1) is 8.22. The van der Waals surface area contributed by atoms with Gasteiger partial charge in [-0.3, -0.25) is 0 Å². The van der Waals surface area contributed by atoms with E-state index in [0.29, 0.717) is 5.92 Å². The molecule has 1 saturated carbocycles. The van der Waals surface area contributed by atoms with E-state index in [-0.39, 0.29) is 0 Å². The number of aromatic amines is 1. The van der Waals surface area contributed by atoms with Gasteiger partial charge in [-0.25, -0.2) is 4.98 Å². The summed E-state index contributed by atoms with van der Waals surface area (Å²) in [5.74, 6) is 2.63. The monoisotopic (exact) mass is 250 g/mol. The molecule has 3 heteroatoms. The minimum absolute atomic E-state index is 0.610. The van der Waals surface area contributed by atoms with Crippen LogP contribution in [-0.4, -0.2) is 9.97 Å². The molecule has 94 valence electrons. The molecule has 1 aromatic rings. The lowest BCUT2D eigenvalue weighted by Crippen LogP contribution is -2.04. The summed E-state index contributed by atoms with van der Waals surface area (Å²) in [7, 11) is 0. The summed E-state index contributed by atoms with van der Waals surface area (Å²) in [5.41, 5.74) is 1.25. The number of aryl methyl sites for hydroxylation is 1. The van der Waals surface area contributed by atoms with Crippen LogP contribution in [0.1, 0.15) is 63.4 Å². The van der Waals surface area contributed by atoms with E-state index >= 15 is 0 Å². The van der Waals surface area contributed by atoms with E-state index in [2.05, 4.69) is 23.8 Å². The van der Waals surface area contributed by atoms with Crippen molar-refractivity contribution in [3.05, 3.63) is 22.2 Å². The first-order valence-corrected chi connectivity index (χ1v) is 7.23. The second-order valence-corrected chi connectivity index (χ2v) is 5.58.